The van der Waals surface area contributed by atoms with E-state index in [1.807, 2.05) is 48.5 Å². The fraction of sp³-hybridized carbons (Fsp3) is 0. The van der Waals surface area contributed by atoms with Crippen LogP contribution in [0, 0.1) is 0 Å². The predicted octanol–water partition coefficient (Wildman–Crippen LogP) is 12.8. The molecule has 10 aromatic carbocycles. The van der Waals surface area contributed by atoms with Crippen molar-refractivity contribution in [3.8, 4) is 90.6 Å². The second kappa shape index (κ2) is 20.0. The summed E-state index contributed by atoms with van der Waals surface area (Å²) >= 11 is 0. The van der Waals surface area contributed by atoms with Gasteiger partial charge in [-0.15, -0.1) is 0 Å². The normalized spacial score (nSPS) is 11.3. The van der Waals surface area contributed by atoms with Crippen molar-refractivity contribution in [2.45, 2.75) is 0 Å². The lowest BCUT2D eigenvalue weighted by Crippen LogP contribution is -2.74. The molecule has 0 bridgehead atoms. The highest BCUT2D eigenvalue weighted by Gasteiger charge is 2.42. The topological polar surface area (TPSA) is 77.3 Å². The lowest BCUT2D eigenvalue weighted by Gasteiger charge is -2.35. The van der Waals surface area contributed by atoms with Crippen LogP contribution in [0.15, 0.2) is 279 Å². The first-order valence-corrected chi connectivity index (χ1v) is 26.4. The maximum atomic E-state index is 5.29. The molecule has 0 saturated heterocycles. The highest BCUT2D eigenvalue weighted by molar-refractivity contribution is 7.20. The first kappa shape index (κ1) is 44.6. The Kier molecular flexibility index (Phi) is 12.3. The van der Waals surface area contributed by atoms with Crippen LogP contribution >= 0.6 is 0 Å². The van der Waals surface area contributed by atoms with Crippen LogP contribution in [0.2, 0.25) is 0 Å². The monoisotopic (exact) mass is 950 g/mol. The van der Waals surface area contributed by atoms with Gasteiger partial charge in [0, 0.05) is 33.4 Å². The lowest BCUT2D eigenvalue weighted by molar-refractivity contribution is 1.07. The SMILES string of the molecule is c1ccc(-c2cccc(-c3nc(-c4ccccc4)nc(-c4cccc([Si](c5ccccc5)(c5ccccc5)c5cccc(-c6nc(-c7ccccc7)nc(-c7cccc(-c8ccccc8)c7)n6)c5)c4)n3)c2)cc1. The van der Waals surface area contributed by atoms with Crippen LogP contribution in [0.4, 0.5) is 0 Å². The highest BCUT2D eigenvalue weighted by Crippen LogP contribution is 2.31. The maximum Gasteiger partial charge on any atom is 0.179 e. The van der Waals surface area contributed by atoms with E-state index < -0.39 is 8.07 Å². The van der Waals surface area contributed by atoms with Gasteiger partial charge in [-0.3, -0.25) is 0 Å². The standard InChI is InChI=1S/C66H46N6Si/c1-7-23-47(24-8-1)51-31-19-33-53(43-51)63-67-61(49-27-11-3-12-28-49)69-65(71-63)55-35-21-41-59(45-55)73(57-37-15-5-16-38-57,58-39-17-6-18-40-58)60-42-22-36-56(46-60)66-70-62(50-29-13-4-14-30-50)68-64(72-66)54-34-20-32-52(44-54)48-25-9-2-10-26-48/h1-46H. The van der Waals surface area contributed by atoms with E-state index in [0.717, 1.165) is 55.6 Å². The average molecular weight is 951 g/mol. The van der Waals surface area contributed by atoms with Crippen LogP contribution in [-0.2, 0) is 0 Å². The Balaban J connectivity index is 1.04. The van der Waals surface area contributed by atoms with Gasteiger partial charge >= 0.3 is 0 Å². The van der Waals surface area contributed by atoms with Gasteiger partial charge in [-0.2, -0.15) is 0 Å². The largest absolute Gasteiger partial charge is 0.208 e. The second-order valence-corrected chi connectivity index (χ2v) is 21.7. The Morgan fingerprint density at radius 1 is 0.164 bits per heavy atom. The third-order valence-corrected chi connectivity index (χ3v) is 18.1. The number of nitrogens with zero attached hydrogens (tertiary/aromatic N) is 6. The van der Waals surface area contributed by atoms with E-state index in [2.05, 4.69) is 231 Å². The van der Waals surface area contributed by atoms with Crippen molar-refractivity contribution >= 4 is 28.8 Å². The molecule has 0 saturated carbocycles. The third-order valence-electron chi connectivity index (χ3n) is 13.3. The van der Waals surface area contributed by atoms with Crippen LogP contribution < -0.4 is 20.7 Å². The molecule has 12 aromatic rings. The van der Waals surface area contributed by atoms with Gasteiger partial charge in [-0.05, 0) is 55.1 Å². The minimum atomic E-state index is -3.17. The summed E-state index contributed by atoms with van der Waals surface area (Å²) in [5, 5.41) is 4.81. The smallest absolute Gasteiger partial charge is 0.179 e. The van der Waals surface area contributed by atoms with Gasteiger partial charge in [0.2, 0.25) is 0 Å². The molecule has 0 aliphatic carbocycles. The van der Waals surface area contributed by atoms with Crippen molar-refractivity contribution in [3.05, 3.63) is 279 Å². The number of hydrogen-bond acceptors (Lipinski definition) is 6. The Bertz CT molecular complexity index is 3590. The number of aromatic nitrogens is 6. The molecule has 0 radical (unpaired) electrons. The van der Waals surface area contributed by atoms with Crippen LogP contribution in [-0.4, -0.2) is 38.0 Å². The van der Waals surface area contributed by atoms with Crippen molar-refractivity contribution in [3.63, 3.8) is 0 Å². The molecule has 0 amide bonds. The molecule has 0 aliphatic heterocycles. The summed E-state index contributed by atoms with van der Waals surface area (Å²) in [6.45, 7) is 0. The predicted molar refractivity (Wildman–Crippen MR) is 300 cm³/mol. The third kappa shape index (κ3) is 9.09. The fourth-order valence-corrected chi connectivity index (χ4v) is 14.6. The van der Waals surface area contributed by atoms with E-state index in [4.69, 9.17) is 29.9 Å². The van der Waals surface area contributed by atoms with Crippen molar-refractivity contribution in [1.82, 2.24) is 29.9 Å². The van der Waals surface area contributed by atoms with Gasteiger partial charge in [0.15, 0.2) is 43.0 Å². The Hall–Kier alpha value is -9.56. The van der Waals surface area contributed by atoms with Crippen molar-refractivity contribution in [2.75, 3.05) is 0 Å². The molecule has 344 valence electrons. The number of hydrogen-bond donors (Lipinski definition) is 0. The minimum Gasteiger partial charge on any atom is -0.208 e. The lowest BCUT2D eigenvalue weighted by atomic mass is 10.0. The van der Waals surface area contributed by atoms with E-state index in [1.54, 1.807) is 0 Å². The van der Waals surface area contributed by atoms with Gasteiger partial charge in [-0.1, -0.05) is 267 Å². The van der Waals surface area contributed by atoms with Crippen molar-refractivity contribution in [2.24, 2.45) is 0 Å². The van der Waals surface area contributed by atoms with Crippen LogP contribution in [0.1, 0.15) is 0 Å². The molecule has 6 nitrogen and oxygen atoms in total. The minimum absolute atomic E-state index is 0.594. The summed E-state index contributed by atoms with van der Waals surface area (Å²) in [4.78, 5) is 31.3. The summed E-state index contributed by atoms with van der Waals surface area (Å²) in [5.74, 6) is 3.61. The summed E-state index contributed by atoms with van der Waals surface area (Å²) in [5.41, 5.74) is 9.88. The molecule has 7 heteroatoms. The zero-order valence-electron chi connectivity index (χ0n) is 39.7. The van der Waals surface area contributed by atoms with Crippen molar-refractivity contribution < 1.29 is 0 Å². The number of rotatable bonds is 12. The molecule has 2 heterocycles. The summed E-state index contributed by atoms with van der Waals surface area (Å²) in [7, 11) is -3.17. The first-order chi connectivity index (χ1) is 36.2. The first-order valence-electron chi connectivity index (χ1n) is 24.4. The van der Waals surface area contributed by atoms with Crippen LogP contribution in [0.5, 0.6) is 0 Å². The molecular weight excluding hydrogens is 905 g/mol. The molecule has 0 unspecified atom stereocenters. The van der Waals surface area contributed by atoms with Crippen LogP contribution in [0.25, 0.3) is 90.6 Å². The molecule has 73 heavy (non-hydrogen) atoms. The van der Waals surface area contributed by atoms with E-state index in [9.17, 15) is 0 Å². The maximum absolute atomic E-state index is 5.29. The van der Waals surface area contributed by atoms with Gasteiger partial charge in [-0.25, -0.2) is 29.9 Å². The second-order valence-electron chi connectivity index (χ2n) is 17.9. The van der Waals surface area contributed by atoms with Crippen molar-refractivity contribution in [1.29, 1.82) is 0 Å². The molecule has 0 fully saturated rings. The summed E-state index contributed by atoms with van der Waals surface area (Å²) < 4.78 is 0. The molecular formula is C66H46N6Si. The van der Waals surface area contributed by atoms with Gasteiger partial charge in [0.05, 0.1) is 0 Å². The van der Waals surface area contributed by atoms with E-state index in [1.165, 1.54) is 20.7 Å². The average Bonchev–Trinajstić information content (AvgIpc) is 3.49. The molecule has 0 atom stereocenters. The Morgan fingerprint density at radius 2 is 0.384 bits per heavy atom. The van der Waals surface area contributed by atoms with E-state index in [0.29, 0.717) is 34.9 Å². The zero-order valence-corrected chi connectivity index (χ0v) is 40.7. The van der Waals surface area contributed by atoms with Gasteiger partial charge < -0.3 is 0 Å². The molecule has 0 aliphatic rings. The fourth-order valence-electron chi connectivity index (χ4n) is 9.80. The molecule has 0 spiro atoms. The van der Waals surface area contributed by atoms with Gasteiger partial charge in [0.1, 0.15) is 0 Å². The van der Waals surface area contributed by atoms with Crippen LogP contribution in [0.3, 0.4) is 0 Å². The molecule has 12 rings (SSSR count). The Morgan fingerprint density at radius 3 is 0.712 bits per heavy atom. The number of benzene rings is 10. The Labute approximate surface area is 426 Å². The highest BCUT2D eigenvalue weighted by atomic mass is 28.3. The van der Waals surface area contributed by atoms with E-state index >= 15 is 0 Å². The zero-order chi connectivity index (χ0) is 48.8. The van der Waals surface area contributed by atoms with Gasteiger partial charge in [0.25, 0.3) is 0 Å². The summed E-state index contributed by atoms with van der Waals surface area (Å²) in [6.07, 6.45) is 0. The quantitative estimate of drug-likeness (QED) is 0.0897. The summed E-state index contributed by atoms with van der Waals surface area (Å²) in [6, 6.07) is 97.6. The molecule has 0 N–H and O–H groups in total. The molecule has 2 aromatic heterocycles. The van der Waals surface area contributed by atoms with E-state index in [-0.39, 0.29) is 0 Å².